The normalized spacial score (nSPS) is 29.2. The highest BCUT2D eigenvalue weighted by Crippen LogP contribution is 2.56. The Morgan fingerprint density at radius 2 is 1.36 bits per heavy atom. The fraction of sp³-hybridized carbons (Fsp3) is 0.657. The van der Waals surface area contributed by atoms with Crippen molar-refractivity contribution in [1.29, 1.82) is 0 Å². The number of rotatable bonds is 0. The largest absolute Gasteiger partial charge is 0.317 e. The van der Waals surface area contributed by atoms with Gasteiger partial charge in [-0.2, -0.15) is 0 Å². The van der Waals surface area contributed by atoms with E-state index in [2.05, 4.69) is 26.8 Å². The van der Waals surface area contributed by atoms with Crippen LogP contribution in [0.15, 0.2) is 21.4 Å². The van der Waals surface area contributed by atoms with Crippen LogP contribution in [0.1, 0.15) is 99.5 Å². The first-order valence-corrected chi connectivity index (χ1v) is 15.3. The van der Waals surface area contributed by atoms with Crippen LogP contribution in [0.25, 0.3) is 9.69 Å². The van der Waals surface area contributed by atoms with Crippen molar-refractivity contribution in [2.45, 2.75) is 105 Å². The number of hydrogen-bond acceptors (Lipinski definition) is 6. The van der Waals surface area contributed by atoms with Crippen LogP contribution in [0, 0.1) is 35.8 Å². The monoisotopic (exact) mass is 653 g/mol. The molecule has 0 radical (unpaired) electrons. The van der Waals surface area contributed by atoms with E-state index in [0.717, 1.165) is 35.4 Å². The van der Waals surface area contributed by atoms with Gasteiger partial charge in [-0.1, -0.05) is 62.4 Å². The number of carbonyl (C=O) groups is 2. The van der Waals surface area contributed by atoms with E-state index >= 15 is 0 Å². The van der Waals surface area contributed by atoms with Crippen molar-refractivity contribution in [3.8, 4) is 0 Å². The molecule has 0 spiro atoms. The highest BCUT2D eigenvalue weighted by atomic mass is 16.5. The van der Waals surface area contributed by atoms with Crippen LogP contribution < -0.4 is 16.6 Å². The van der Waals surface area contributed by atoms with Gasteiger partial charge >= 0.3 is 0 Å². The number of ketones is 2. The van der Waals surface area contributed by atoms with Gasteiger partial charge in [0.1, 0.15) is 0 Å². The van der Waals surface area contributed by atoms with Crippen molar-refractivity contribution in [2.24, 2.45) is 36.8 Å². The first-order valence-electron chi connectivity index (χ1n) is 16.3. The third-order valence-electron chi connectivity index (χ3n) is 11.1. The molecule has 12 nitrogen and oxygen atoms in total. The number of aromatic amines is 2. The summed E-state index contributed by atoms with van der Waals surface area (Å²) in [6.07, 6.45) is 5.30. The summed E-state index contributed by atoms with van der Waals surface area (Å²) in [6, 6.07) is -0.601. The van der Waals surface area contributed by atoms with Crippen LogP contribution >= 0.6 is 0 Å². The Morgan fingerprint density at radius 3 is 1.85 bits per heavy atom. The molecule has 4 N–H and O–H groups in total. The van der Waals surface area contributed by atoms with Gasteiger partial charge in [0, 0.05) is 73.1 Å². The molecule has 1 unspecified atom stereocenters. The topological polar surface area (TPSA) is 151 Å². The lowest BCUT2D eigenvalue weighted by atomic mass is 9.50. The van der Waals surface area contributed by atoms with Gasteiger partial charge in [-0.25, -0.2) is 16.9 Å². The number of Topliss-reactive ketones (excluding diaryl/α,β-unsaturated/α-hetero) is 2. The average Bonchev–Trinajstić information content (AvgIpc) is 3.49. The molecule has 4 aliphatic carbocycles. The van der Waals surface area contributed by atoms with E-state index in [1.807, 2.05) is 34.6 Å². The van der Waals surface area contributed by atoms with Crippen LogP contribution in [-0.4, -0.2) is 49.4 Å². The zero-order valence-corrected chi connectivity index (χ0v) is 28.7. The maximum Gasteiger partial charge on any atom is 0.282 e. The van der Waals surface area contributed by atoms with Crippen molar-refractivity contribution >= 4 is 11.6 Å². The van der Waals surface area contributed by atoms with Crippen LogP contribution in [0.3, 0.4) is 0 Å². The number of hydroxylamine groups is 1. The predicted octanol–water partition coefficient (Wildman–Crippen LogP) is 4.63. The van der Waals surface area contributed by atoms with Gasteiger partial charge in [0.05, 0.1) is 6.57 Å². The van der Waals surface area contributed by atoms with Gasteiger partial charge in [-0.15, -0.1) is 0 Å². The predicted molar refractivity (Wildman–Crippen MR) is 182 cm³/mol. The summed E-state index contributed by atoms with van der Waals surface area (Å²) in [5.41, 5.74) is 3.53. The smallest absolute Gasteiger partial charge is 0.282 e. The molecule has 2 aromatic heterocycles. The van der Waals surface area contributed by atoms with E-state index in [-0.39, 0.29) is 53.1 Å². The van der Waals surface area contributed by atoms with Crippen molar-refractivity contribution in [3.05, 3.63) is 77.8 Å². The SMILES string of the molecule is C.CNO.[3H]C.[C-]#[N+]C1=C[C@]2(C)c3[nH]n(C)c(=O)c3CC[C@H]2C(C)(C)C1=O.[C-]#[N+]C1C[C@]2(C)c3[nH]n(C)c(=O)c3CC[C@H]2C(C)(C)C1=O. The minimum atomic E-state index is -0.601. The van der Waals surface area contributed by atoms with Gasteiger partial charge in [-0.3, -0.25) is 33.9 Å². The van der Waals surface area contributed by atoms with Gasteiger partial charge in [-0.05, 0) is 37.5 Å². The average molecular weight is 654 g/mol. The van der Waals surface area contributed by atoms with E-state index < -0.39 is 22.3 Å². The second kappa shape index (κ2) is 13.2. The van der Waals surface area contributed by atoms with Crippen LogP contribution in [0.5, 0.6) is 0 Å². The highest BCUT2D eigenvalue weighted by molar-refractivity contribution is 6.02. The summed E-state index contributed by atoms with van der Waals surface area (Å²) >= 11 is 0. The summed E-state index contributed by atoms with van der Waals surface area (Å²) in [6.45, 7) is 26.5. The van der Waals surface area contributed by atoms with Gasteiger partial charge < -0.3 is 14.8 Å². The fourth-order valence-corrected chi connectivity index (χ4v) is 8.92. The molecule has 0 amide bonds. The number of aromatic nitrogens is 4. The Balaban J connectivity index is 0.000000289. The minimum absolute atomic E-state index is 0. The molecular weight excluding hydrogens is 598 g/mol. The summed E-state index contributed by atoms with van der Waals surface area (Å²) in [4.78, 5) is 56.5. The number of aryl methyl sites for hydroxylation is 2. The van der Waals surface area contributed by atoms with E-state index in [1.165, 1.54) is 23.8 Å². The number of nitrogens with zero attached hydrogens (tertiary/aromatic N) is 4. The summed E-state index contributed by atoms with van der Waals surface area (Å²) in [5.74, 6) is 0.234. The molecule has 2 heterocycles. The van der Waals surface area contributed by atoms with Gasteiger partial charge in [0.2, 0.25) is 11.5 Å². The van der Waals surface area contributed by atoms with Crippen molar-refractivity contribution in [3.63, 3.8) is 0 Å². The number of H-pyrrole nitrogens is 2. The molecule has 2 aromatic rings. The lowest BCUT2D eigenvalue weighted by molar-refractivity contribution is -0.137. The Morgan fingerprint density at radius 1 is 0.894 bits per heavy atom. The third-order valence-corrected chi connectivity index (χ3v) is 11.1. The van der Waals surface area contributed by atoms with E-state index in [0.29, 0.717) is 19.3 Å². The maximum atomic E-state index is 12.6. The number of allylic oxidation sites excluding steroid dienone is 2. The second-order valence-corrected chi connectivity index (χ2v) is 14.4. The lowest BCUT2D eigenvalue weighted by Gasteiger charge is -2.51. The van der Waals surface area contributed by atoms with Gasteiger partial charge in [0.25, 0.3) is 17.2 Å². The first-order chi connectivity index (χ1) is 21.9. The standard InChI is InChI=1S/C16H21N3O2.C16H19N3O2.CH5NO.2CH4/c2*1-15(2)11-7-6-9-12(18-19(5)14(9)21)16(11,3)8-10(17-4)13(15)20;1-2-3;;/h10-11,18H,6-8H2,1-3,5H3;8,11,18H,6-7H2,1-3,5H3;2-3H,1H3;2*1H4/t10?,11-,16-;11-,16-;;;/m00.../s1/i;;;1T;. The molecule has 258 valence electrons. The highest BCUT2D eigenvalue weighted by Gasteiger charge is 2.60. The Hall–Kier alpha value is -4.00. The zero-order valence-electron chi connectivity index (χ0n) is 29.7. The van der Waals surface area contributed by atoms with Crippen molar-refractivity contribution in [1.82, 2.24) is 25.0 Å². The summed E-state index contributed by atoms with van der Waals surface area (Å²) in [5, 5.41) is 13.7. The van der Waals surface area contributed by atoms with E-state index in [1.54, 1.807) is 25.7 Å². The van der Waals surface area contributed by atoms with Crippen LogP contribution in [-0.2, 0) is 47.4 Å². The van der Waals surface area contributed by atoms with E-state index in [4.69, 9.17) is 19.7 Å². The molecule has 0 saturated heterocycles. The first kappa shape index (κ1) is 37.5. The van der Waals surface area contributed by atoms with Gasteiger partial charge in [0.15, 0.2) is 5.78 Å². The molecule has 5 atom stereocenters. The van der Waals surface area contributed by atoms with Crippen molar-refractivity contribution < 1.29 is 16.2 Å². The van der Waals surface area contributed by atoms with Crippen LogP contribution in [0.4, 0.5) is 0 Å². The molecule has 0 bridgehead atoms. The molecule has 12 heteroatoms. The molecular formula is C35H53N7O5. The fourth-order valence-electron chi connectivity index (χ4n) is 8.92. The zero-order chi connectivity index (χ0) is 35.9. The summed E-state index contributed by atoms with van der Waals surface area (Å²) in [7, 11) is 6.11. The van der Waals surface area contributed by atoms with Crippen LogP contribution in [0.2, 0.25) is 0 Å². The van der Waals surface area contributed by atoms with Crippen molar-refractivity contribution in [2.75, 3.05) is 7.05 Å². The molecule has 1 fully saturated rings. The molecule has 6 rings (SSSR count). The Labute approximate surface area is 279 Å². The Bertz CT molecular complexity index is 1780. The third kappa shape index (κ3) is 5.76. The number of hydrogen-bond donors (Lipinski definition) is 4. The number of fused-ring (bicyclic) bond motifs is 6. The lowest BCUT2D eigenvalue weighted by Crippen LogP contribution is -2.57. The Kier molecular flexibility index (Phi) is 10.6. The molecule has 1 saturated carbocycles. The molecule has 4 aliphatic rings. The molecule has 0 aromatic carbocycles. The van der Waals surface area contributed by atoms with E-state index in [9.17, 15) is 19.2 Å². The molecule has 47 heavy (non-hydrogen) atoms. The molecule has 0 aliphatic heterocycles. The number of carbonyl (C=O) groups excluding carboxylic acids is 2. The maximum absolute atomic E-state index is 12.6. The number of nitrogens with one attached hydrogen (secondary N) is 3. The summed E-state index contributed by atoms with van der Waals surface area (Å²) < 4.78 is 8.77. The minimum Gasteiger partial charge on any atom is -0.317 e. The quantitative estimate of drug-likeness (QED) is 0.241. The second-order valence-electron chi connectivity index (χ2n) is 14.4.